The number of nitrogens with one attached hydrogen (secondary N) is 1. The van der Waals surface area contributed by atoms with Crippen LogP contribution in [0.3, 0.4) is 0 Å². The molecule has 2 aromatic heterocycles. The zero-order chi connectivity index (χ0) is 25.1. The highest BCUT2D eigenvalue weighted by molar-refractivity contribution is 7.15. The minimum Gasteiger partial charge on any atom is -0.493 e. The van der Waals surface area contributed by atoms with Crippen LogP contribution in [0.5, 0.6) is 11.5 Å². The van der Waals surface area contributed by atoms with E-state index in [0.717, 1.165) is 53.5 Å². The van der Waals surface area contributed by atoms with Gasteiger partial charge in [-0.25, -0.2) is 9.99 Å². The molecule has 0 spiro atoms. The third-order valence-electron chi connectivity index (χ3n) is 6.41. The summed E-state index contributed by atoms with van der Waals surface area (Å²) in [6.07, 6.45) is 3.83. The number of piperidine rings is 1. The number of methoxy groups -OCH3 is 2. The van der Waals surface area contributed by atoms with E-state index in [-0.39, 0.29) is 18.4 Å². The molecule has 0 aliphatic carbocycles. The average Bonchev–Trinajstić information content (AvgIpc) is 3.51. The molecule has 0 radical (unpaired) electrons. The molecule has 1 aliphatic rings. The van der Waals surface area contributed by atoms with E-state index in [9.17, 15) is 4.79 Å². The summed E-state index contributed by atoms with van der Waals surface area (Å²) >= 11 is 1.70. The van der Waals surface area contributed by atoms with Crippen molar-refractivity contribution in [3.8, 4) is 33.5 Å². The molecular formula is C25H34N6O3S. The van der Waals surface area contributed by atoms with Gasteiger partial charge in [-0.2, -0.15) is 5.10 Å². The van der Waals surface area contributed by atoms with Crippen molar-refractivity contribution in [1.29, 1.82) is 0 Å². The highest BCUT2D eigenvalue weighted by atomic mass is 32.1. The highest BCUT2D eigenvalue weighted by Crippen LogP contribution is 2.41. The topological polar surface area (TPSA) is 110 Å². The maximum atomic E-state index is 12.3. The second kappa shape index (κ2) is 10.8. The first-order valence-electron chi connectivity index (χ1n) is 11.8. The average molecular weight is 499 g/mol. The van der Waals surface area contributed by atoms with Gasteiger partial charge in [0.2, 0.25) is 5.91 Å². The molecule has 4 rings (SSSR count). The number of nitrogens with two attached hydrogens (primary N) is 1. The summed E-state index contributed by atoms with van der Waals surface area (Å²) < 4.78 is 10.9. The predicted molar refractivity (Wildman–Crippen MR) is 138 cm³/mol. The van der Waals surface area contributed by atoms with Gasteiger partial charge in [-0.3, -0.25) is 15.7 Å². The lowest BCUT2D eigenvalue weighted by molar-refractivity contribution is -0.133. The SMILES string of the molecule is COc1ccc(-c2[nH]nc(-c3ncc(C4CCN(C(=O)CN(C)N)CC4)s3)c2C(C)C)cc1OC. The van der Waals surface area contributed by atoms with Gasteiger partial charge in [0.05, 0.1) is 26.5 Å². The van der Waals surface area contributed by atoms with Crippen molar-refractivity contribution in [2.24, 2.45) is 5.84 Å². The fourth-order valence-electron chi connectivity index (χ4n) is 4.60. The zero-order valence-corrected chi connectivity index (χ0v) is 21.8. The van der Waals surface area contributed by atoms with Crippen LogP contribution in [-0.4, -0.2) is 71.9 Å². The van der Waals surface area contributed by atoms with E-state index >= 15 is 0 Å². The van der Waals surface area contributed by atoms with E-state index < -0.39 is 0 Å². The normalized spacial score (nSPS) is 14.7. The van der Waals surface area contributed by atoms with Crippen LogP contribution in [0, 0.1) is 0 Å². The van der Waals surface area contributed by atoms with Crippen LogP contribution < -0.4 is 15.3 Å². The molecular weight excluding hydrogens is 464 g/mol. The Kier molecular flexibility index (Phi) is 7.73. The van der Waals surface area contributed by atoms with E-state index in [1.807, 2.05) is 29.3 Å². The molecule has 3 heterocycles. The van der Waals surface area contributed by atoms with Gasteiger partial charge in [0.1, 0.15) is 10.7 Å². The van der Waals surface area contributed by atoms with Gasteiger partial charge in [0.15, 0.2) is 11.5 Å². The number of benzene rings is 1. The van der Waals surface area contributed by atoms with Gasteiger partial charge >= 0.3 is 0 Å². The van der Waals surface area contributed by atoms with Crippen LogP contribution in [0.25, 0.3) is 22.0 Å². The van der Waals surface area contributed by atoms with Gasteiger partial charge in [0, 0.05) is 42.3 Å². The summed E-state index contributed by atoms with van der Waals surface area (Å²) in [6, 6.07) is 5.88. The van der Waals surface area contributed by atoms with Crippen molar-refractivity contribution in [3.63, 3.8) is 0 Å². The number of likely N-dealkylation sites (tertiary alicyclic amines) is 1. The van der Waals surface area contributed by atoms with Gasteiger partial charge in [-0.15, -0.1) is 11.3 Å². The minimum atomic E-state index is 0.0826. The molecule has 1 amide bonds. The quantitative estimate of drug-likeness (QED) is 0.359. The zero-order valence-electron chi connectivity index (χ0n) is 21.0. The second-order valence-corrected chi connectivity index (χ2v) is 10.3. The Morgan fingerprint density at radius 1 is 1.26 bits per heavy atom. The molecule has 3 N–H and O–H groups in total. The number of ether oxygens (including phenoxy) is 2. The third-order valence-corrected chi connectivity index (χ3v) is 7.58. The smallest absolute Gasteiger partial charge is 0.238 e. The number of nitrogens with zero attached hydrogens (tertiary/aromatic N) is 4. The van der Waals surface area contributed by atoms with Gasteiger partial charge in [-0.05, 0) is 42.9 Å². The fourth-order valence-corrected chi connectivity index (χ4v) is 5.69. The first-order valence-corrected chi connectivity index (χ1v) is 12.6. The summed E-state index contributed by atoms with van der Waals surface area (Å²) in [4.78, 5) is 20.2. The standard InChI is InChI=1S/C25H34N6O3S/c1-15(2)22-23(17-6-7-18(33-4)19(12-17)34-5)28-29-24(22)25-27-13-20(35-25)16-8-10-31(11-9-16)21(32)14-30(3)26/h6-7,12-13,15-16H,8-11,14,26H2,1-5H3,(H,28,29). The number of carbonyl (C=O) groups is 1. The van der Waals surface area contributed by atoms with E-state index in [4.69, 9.17) is 20.3 Å². The highest BCUT2D eigenvalue weighted by Gasteiger charge is 2.27. The summed E-state index contributed by atoms with van der Waals surface area (Å²) in [5.41, 5.74) is 3.97. The molecule has 1 fully saturated rings. The number of hydrogen-bond donors (Lipinski definition) is 2. The van der Waals surface area contributed by atoms with Crippen molar-refractivity contribution < 1.29 is 14.3 Å². The predicted octanol–water partition coefficient (Wildman–Crippen LogP) is 3.85. The van der Waals surface area contributed by atoms with E-state index in [2.05, 4.69) is 24.0 Å². The van der Waals surface area contributed by atoms with Crippen LogP contribution in [0.15, 0.2) is 24.4 Å². The summed E-state index contributed by atoms with van der Waals surface area (Å²) in [5.74, 6) is 7.72. The minimum absolute atomic E-state index is 0.0826. The van der Waals surface area contributed by atoms with E-state index in [1.54, 1.807) is 32.6 Å². The number of likely N-dealkylation sites (N-methyl/N-ethyl adjacent to an activating group) is 1. The van der Waals surface area contributed by atoms with Gasteiger partial charge in [-0.1, -0.05) is 13.8 Å². The number of aromatic amines is 1. The number of H-pyrrole nitrogens is 1. The maximum absolute atomic E-state index is 12.3. The van der Waals surface area contributed by atoms with Crippen LogP contribution in [0.2, 0.25) is 0 Å². The second-order valence-electron chi connectivity index (χ2n) is 9.22. The molecule has 188 valence electrons. The van der Waals surface area contributed by atoms with Gasteiger partial charge < -0.3 is 14.4 Å². The molecule has 3 aromatic rings. The monoisotopic (exact) mass is 498 g/mol. The number of carbonyl (C=O) groups excluding carboxylic acids is 1. The van der Waals surface area contributed by atoms with Crippen LogP contribution in [-0.2, 0) is 4.79 Å². The number of rotatable bonds is 8. The number of amides is 1. The largest absolute Gasteiger partial charge is 0.493 e. The Morgan fingerprint density at radius 3 is 2.60 bits per heavy atom. The number of hydrazine groups is 1. The third kappa shape index (κ3) is 5.34. The summed E-state index contributed by atoms with van der Waals surface area (Å²) in [6.45, 7) is 6.06. The van der Waals surface area contributed by atoms with Crippen molar-refractivity contribution in [1.82, 2.24) is 25.1 Å². The van der Waals surface area contributed by atoms with E-state index in [1.165, 1.54) is 9.89 Å². The summed E-state index contributed by atoms with van der Waals surface area (Å²) in [7, 11) is 4.98. The number of aromatic nitrogens is 3. The summed E-state index contributed by atoms with van der Waals surface area (Å²) in [5, 5.41) is 10.3. The lowest BCUT2D eigenvalue weighted by Gasteiger charge is -2.32. The first kappa shape index (κ1) is 25.2. The molecule has 0 bridgehead atoms. The maximum Gasteiger partial charge on any atom is 0.238 e. The van der Waals surface area contributed by atoms with Crippen molar-refractivity contribution in [2.45, 2.75) is 38.5 Å². The Bertz CT molecular complexity index is 1160. The molecule has 35 heavy (non-hydrogen) atoms. The van der Waals surface area contributed by atoms with Gasteiger partial charge in [0.25, 0.3) is 0 Å². The molecule has 10 heteroatoms. The van der Waals surface area contributed by atoms with Crippen molar-refractivity contribution >= 4 is 17.2 Å². The van der Waals surface area contributed by atoms with Crippen molar-refractivity contribution in [3.05, 3.63) is 34.8 Å². The lowest BCUT2D eigenvalue weighted by atomic mass is 9.95. The Hall–Kier alpha value is -2.95. The molecule has 1 aromatic carbocycles. The van der Waals surface area contributed by atoms with Crippen LogP contribution >= 0.6 is 11.3 Å². The van der Waals surface area contributed by atoms with Crippen LogP contribution in [0.1, 0.15) is 49.0 Å². The molecule has 9 nitrogen and oxygen atoms in total. The van der Waals surface area contributed by atoms with E-state index in [0.29, 0.717) is 17.4 Å². The molecule has 1 aliphatic heterocycles. The van der Waals surface area contributed by atoms with Crippen molar-refractivity contribution in [2.75, 3.05) is 40.9 Å². The molecule has 0 atom stereocenters. The number of hydrogen-bond acceptors (Lipinski definition) is 8. The molecule has 0 saturated carbocycles. The first-order chi connectivity index (χ1) is 16.8. The fraction of sp³-hybridized carbons (Fsp3) is 0.480. The number of thiazole rings is 1. The Morgan fingerprint density at radius 2 is 1.97 bits per heavy atom. The Balaban J connectivity index is 1.55. The molecule has 1 saturated heterocycles. The Labute approximate surface area is 210 Å². The lowest BCUT2D eigenvalue weighted by Crippen LogP contribution is -2.44. The van der Waals surface area contributed by atoms with Crippen LogP contribution in [0.4, 0.5) is 0 Å². The molecule has 0 unspecified atom stereocenters.